The van der Waals surface area contributed by atoms with E-state index < -0.39 is 23.5 Å². The minimum absolute atomic E-state index is 0.0392. The van der Waals surface area contributed by atoms with Gasteiger partial charge in [0.1, 0.15) is 12.4 Å². The molecule has 35 heavy (non-hydrogen) atoms. The lowest BCUT2D eigenvalue weighted by Gasteiger charge is -2.15. The zero-order valence-corrected chi connectivity index (χ0v) is 18.9. The average molecular weight is 488 g/mol. The average Bonchev–Trinajstić information content (AvgIpc) is 2.82. The molecule has 5 nitrogen and oxygen atoms in total. The van der Waals surface area contributed by atoms with Crippen molar-refractivity contribution in [3.05, 3.63) is 94.8 Å². The summed E-state index contributed by atoms with van der Waals surface area (Å²) in [5.41, 5.74) is 1.20. The number of benzene rings is 3. The molecule has 0 fully saturated rings. The van der Waals surface area contributed by atoms with Crippen LogP contribution in [0.5, 0.6) is 0 Å². The van der Waals surface area contributed by atoms with Crippen molar-refractivity contribution in [3.63, 3.8) is 0 Å². The van der Waals surface area contributed by atoms with Gasteiger partial charge in [0.25, 0.3) is 0 Å². The minimum Gasteiger partial charge on any atom is -0.481 e. The van der Waals surface area contributed by atoms with Crippen LogP contribution in [-0.4, -0.2) is 23.3 Å². The molecule has 3 aromatic rings. The van der Waals surface area contributed by atoms with Gasteiger partial charge < -0.3 is 15.3 Å². The summed E-state index contributed by atoms with van der Waals surface area (Å²) in [4.78, 5) is 15.8. The normalized spacial score (nSPS) is 12.0. The third kappa shape index (κ3) is 7.38. The minimum atomic E-state index is -4.67. The van der Waals surface area contributed by atoms with Gasteiger partial charge in [-0.1, -0.05) is 59.8 Å². The third-order valence-corrected chi connectivity index (χ3v) is 5.20. The molecular formula is C26H24F4N2O3. The molecule has 0 bridgehead atoms. The van der Waals surface area contributed by atoms with E-state index in [9.17, 15) is 22.4 Å². The fourth-order valence-electron chi connectivity index (χ4n) is 3.38. The summed E-state index contributed by atoms with van der Waals surface area (Å²) in [5, 5.41) is 15.7. The zero-order chi connectivity index (χ0) is 25.4. The van der Waals surface area contributed by atoms with E-state index in [1.165, 1.54) is 30.3 Å². The quantitative estimate of drug-likeness (QED) is 0.159. The highest BCUT2D eigenvalue weighted by molar-refractivity contribution is 5.98. The number of aliphatic carboxylic acids is 1. The maximum absolute atomic E-state index is 14.1. The molecule has 3 rings (SSSR count). The number of hydrogen-bond donors (Lipinski definition) is 2. The van der Waals surface area contributed by atoms with Gasteiger partial charge in [0.15, 0.2) is 0 Å². The van der Waals surface area contributed by atoms with Gasteiger partial charge in [0, 0.05) is 18.7 Å². The number of hydrogen-bond acceptors (Lipinski definition) is 4. The second-order valence-electron chi connectivity index (χ2n) is 7.83. The number of halogens is 4. The van der Waals surface area contributed by atoms with E-state index in [2.05, 4.69) is 10.5 Å². The van der Waals surface area contributed by atoms with E-state index in [-0.39, 0.29) is 29.7 Å². The smallest absolute Gasteiger partial charge is 0.417 e. The Hall–Kier alpha value is -3.72. The molecule has 9 heteroatoms. The lowest BCUT2D eigenvalue weighted by atomic mass is 9.97. The Morgan fingerprint density at radius 1 is 1.00 bits per heavy atom. The lowest BCUT2D eigenvalue weighted by Crippen LogP contribution is -2.17. The first kappa shape index (κ1) is 25.9. The van der Waals surface area contributed by atoms with E-state index in [0.29, 0.717) is 18.8 Å². The molecule has 0 aliphatic heterocycles. The van der Waals surface area contributed by atoms with Crippen molar-refractivity contribution < 1.29 is 32.3 Å². The van der Waals surface area contributed by atoms with Gasteiger partial charge >= 0.3 is 12.1 Å². The summed E-state index contributed by atoms with van der Waals surface area (Å²) in [6.07, 6.45) is -4.63. The molecule has 0 aliphatic rings. The number of carboxylic acid groups (broad SMARTS) is 1. The first-order valence-electron chi connectivity index (χ1n) is 10.8. The Balaban J connectivity index is 1.65. The molecule has 0 amide bonds. The highest BCUT2D eigenvalue weighted by Gasteiger charge is 2.34. The Morgan fingerprint density at radius 2 is 1.69 bits per heavy atom. The van der Waals surface area contributed by atoms with Gasteiger partial charge in [-0.05, 0) is 41.3 Å². The van der Waals surface area contributed by atoms with Crippen LogP contribution < -0.4 is 5.32 Å². The van der Waals surface area contributed by atoms with E-state index in [4.69, 9.17) is 9.94 Å². The molecule has 0 aliphatic carbocycles. The summed E-state index contributed by atoms with van der Waals surface area (Å²) >= 11 is 0. The standard InChI is InChI=1S/C26H24F4N2O3/c1-17(20-9-6-18(7-10-20)15-31-13-12-25(33)34)32-35-16-19-8-11-21(23(14-19)26(28,29)30)22-4-2-3-5-24(22)27/h2-11,14,31H,12-13,15-16H2,1H3,(H,33,34)/b32-17-. The predicted molar refractivity (Wildman–Crippen MR) is 124 cm³/mol. The maximum Gasteiger partial charge on any atom is 0.417 e. The van der Waals surface area contributed by atoms with Crippen LogP contribution in [0.1, 0.15) is 35.6 Å². The predicted octanol–water partition coefficient (Wildman–Crippen LogP) is 6.02. The molecule has 0 atom stereocenters. The number of nitrogens with zero attached hydrogens (tertiary/aromatic N) is 1. The number of rotatable bonds is 10. The van der Waals surface area contributed by atoms with Gasteiger partial charge in [-0.15, -0.1) is 0 Å². The highest BCUT2D eigenvalue weighted by atomic mass is 19.4. The topological polar surface area (TPSA) is 70.9 Å². The van der Waals surface area contributed by atoms with Gasteiger partial charge in [-0.25, -0.2) is 4.39 Å². The second kappa shape index (κ2) is 11.6. The fraction of sp³-hybridized carbons (Fsp3) is 0.231. The van der Waals surface area contributed by atoms with Crippen LogP contribution in [0.4, 0.5) is 17.6 Å². The molecule has 0 heterocycles. The van der Waals surface area contributed by atoms with Crippen LogP contribution in [0, 0.1) is 5.82 Å². The Kier molecular flexibility index (Phi) is 8.59. The monoisotopic (exact) mass is 488 g/mol. The van der Waals surface area contributed by atoms with Crippen LogP contribution in [0.2, 0.25) is 0 Å². The van der Waals surface area contributed by atoms with Crippen LogP contribution in [0.25, 0.3) is 11.1 Å². The van der Waals surface area contributed by atoms with Crippen molar-refractivity contribution in [2.75, 3.05) is 6.54 Å². The number of nitrogens with one attached hydrogen (secondary N) is 1. The number of alkyl halides is 3. The van der Waals surface area contributed by atoms with Gasteiger partial charge in [0.05, 0.1) is 17.7 Å². The summed E-state index contributed by atoms with van der Waals surface area (Å²) in [7, 11) is 0. The van der Waals surface area contributed by atoms with Crippen molar-refractivity contribution in [1.29, 1.82) is 0 Å². The third-order valence-electron chi connectivity index (χ3n) is 5.20. The number of oxime groups is 1. The van der Waals surface area contributed by atoms with Crippen LogP contribution in [-0.2, 0) is 29.0 Å². The number of carboxylic acids is 1. The summed E-state index contributed by atoms with van der Waals surface area (Å²) < 4.78 is 55.1. The van der Waals surface area contributed by atoms with Crippen molar-refractivity contribution in [3.8, 4) is 11.1 Å². The molecule has 0 radical (unpaired) electrons. The number of carbonyl (C=O) groups is 1. The first-order chi connectivity index (χ1) is 16.6. The van der Waals surface area contributed by atoms with Gasteiger partial charge in [0.2, 0.25) is 0 Å². The second-order valence-corrected chi connectivity index (χ2v) is 7.83. The Labute approximate surface area is 200 Å². The van der Waals surface area contributed by atoms with Crippen LogP contribution >= 0.6 is 0 Å². The van der Waals surface area contributed by atoms with Crippen molar-refractivity contribution in [2.45, 2.75) is 32.7 Å². The largest absolute Gasteiger partial charge is 0.481 e. The van der Waals surface area contributed by atoms with Crippen molar-refractivity contribution in [1.82, 2.24) is 5.32 Å². The van der Waals surface area contributed by atoms with Crippen molar-refractivity contribution in [2.24, 2.45) is 5.16 Å². The SMILES string of the molecule is C/C(=N/OCc1ccc(-c2ccccc2F)c(C(F)(F)F)c1)c1ccc(CNCCC(=O)O)cc1. The summed E-state index contributed by atoms with van der Waals surface area (Å²) in [6.45, 7) is 2.40. The molecular weight excluding hydrogens is 464 g/mol. The Bertz CT molecular complexity index is 1190. The molecule has 184 valence electrons. The molecule has 0 saturated carbocycles. The van der Waals surface area contributed by atoms with Gasteiger partial charge in [-0.2, -0.15) is 13.2 Å². The van der Waals surface area contributed by atoms with Crippen LogP contribution in [0.3, 0.4) is 0 Å². The van der Waals surface area contributed by atoms with E-state index in [0.717, 1.165) is 23.3 Å². The maximum atomic E-state index is 14.1. The zero-order valence-electron chi connectivity index (χ0n) is 18.9. The first-order valence-corrected chi connectivity index (χ1v) is 10.8. The molecule has 0 unspecified atom stereocenters. The summed E-state index contributed by atoms with van der Waals surface area (Å²) in [6, 6.07) is 16.3. The molecule has 3 aromatic carbocycles. The van der Waals surface area contributed by atoms with E-state index in [1.807, 2.05) is 24.3 Å². The lowest BCUT2D eigenvalue weighted by molar-refractivity contribution is -0.138. The molecule has 0 spiro atoms. The van der Waals surface area contributed by atoms with E-state index >= 15 is 0 Å². The van der Waals surface area contributed by atoms with Gasteiger partial charge in [-0.3, -0.25) is 4.79 Å². The highest BCUT2D eigenvalue weighted by Crippen LogP contribution is 2.38. The van der Waals surface area contributed by atoms with Crippen molar-refractivity contribution >= 4 is 11.7 Å². The van der Waals surface area contributed by atoms with E-state index in [1.54, 1.807) is 6.92 Å². The molecule has 0 aromatic heterocycles. The Morgan fingerprint density at radius 3 is 2.34 bits per heavy atom. The summed E-state index contributed by atoms with van der Waals surface area (Å²) in [5.74, 6) is -1.60. The molecule has 0 saturated heterocycles. The molecule has 2 N–H and O–H groups in total. The van der Waals surface area contributed by atoms with Crippen LogP contribution in [0.15, 0.2) is 71.9 Å². The fourth-order valence-corrected chi connectivity index (χ4v) is 3.38.